The smallest absolute Gasteiger partial charge is 0.00134 e. The van der Waals surface area contributed by atoms with E-state index >= 15 is 0 Å². The summed E-state index contributed by atoms with van der Waals surface area (Å²) in [7, 11) is 0. The standard InChI is InChI=1S/C28H24/c1-19-11-13-23-18-24-14-12-20(2)16-28(24)26-10-6-4-8-22(26)17-21-7-3-5-9-25(21)27(23)15-19/h3-16H,17-18H2,1-2H3. The summed E-state index contributed by atoms with van der Waals surface area (Å²) in [5.41, 5.74) is 13.7. The van der Waals surface area contributed by atoms with E-state index in [1.54, 1.807) is 0 Å². The van der Waals surface area contributed by atoms with Crippen LogP contribution in [0, 0.1) is 13.8 Å². The first kappa shape index (κ1) is 17.0. The van der Waals surface area contributed by atoms with E-state index in [1.165, 1.54) is 55.6 Å². The largest absolute Gasteiger partial charge is 0.0619 e. The maximum absolute atomic E-state index is 2.36. The molecule has 0 spiro atoms. The Labute approximate surface area is 167 Å². The van der Waals surface area contributed by atoms with Crippen molar-refractivity contribution in [3.63, 3.8) is 0 Å². The van der Waals surface area contributed by atoms with Crippen LogP contribution >= 0.6 is 0 Å². The molecule has 28 heavy (non-hydrogen) atoms. The van der Waals surface area contributed by atoms with Crippen molar-refractivity contribution in [1.29, 1.82) is 0 Å². The van der Waals surface area contributed by atoms with E-state index in [1.807, 2.05) is 0 Å². The maximum atomic E-state index is 2.36. The lowest BCUT2D eigenvalue weighted by molar-refractivity contribution is 1.14. The molecule has 1 aliphatic rings. The van der Waals surface area contributed by atoms with Crippen LogP contribution in [0.25, 0.3) is 22.3 Å². The van der Waals surface area contributed by atoms with Gasteiger partial charge >= 0.3 is 0 Å². The highest BCUT2D eigenvalue weighted by Crippen LogP contribution is 2.37. The van der Waals surface area contributed by atoms with Crippen molar-refractivity contribution in [3.05, 3.63) is 118 Å². The summed E-state index contributed by atoms with van der Waals surface area (Å²) in [5.74, 6) is 0. The normalized spacial score (nSPS) is 12.4. The minimum Gasteiger partial charge on any atom is -0.0619 e. The number of aryl methyl sites for hydroxylation is 2. The van der Waals surface area contributed by atoms with Gasteiger partial charge in [-0.25, -0.2) is 0 Å². The molecule has 4 aromatic carbocycles. The zero-order chi connectivity index (χ0) is 19.1. The van der Waals surface area contributed by atoms with E-state index < -0.39 is 0 Å². The molecule has 0 heterocycles. The third-order valence-corrected chi connectivity index (χ3v) is 5.91. The summed E-state index contributed by atoms with van der Waals surface area (Å²) in [5, 5.41) is 0. The quantitative estimate of drug-likeness (QED) is 0.275. The summed E-state index contributed by atoms with van der Waals surface area (Å²) >= 11 is 0. The fourth-order valence-corrected chi connectivity index (χ4v) is 4.48. The molecule has 0 heteroatoms. The molecule has 0 aliphatic heterocycles. The average Bonchev–Trinajstić information content (AvgIpc) is 2.71. The Hall–Kier alpha value is -3.12. The van der Waals surface area contributed by atoms with Crippen LogP contribution in [-0.2, 0) is 12.8 Å². The molecule has 1 aliphatic carbocycles. The third kappa shape index (κ3) is 2.96. The lowest BCUT2D eigenvalue weighted by Crippen LogP contribution is -2.03. The van der Waals surface area contributed by atoms with Crippen molar-refractivity contribution < 1.29 is 0 Å². The first-order valence-corrected chi connectivity index (χ1v) is 10.0. The van der Waals surface area contributed by atoms with Crippen LogP contribution in [0.4, 0.5) is 0 Å². The van der Waals surface area contributed by atoms with Crippen LogP contribution in [0.5, 0.6) is 0 Å². The van der Waals surface area contributed by atoms with Gasteiger partial charge in [-0.3, -0.25) is 0 Å². The molecule has 0 unspecified atom stereocenters. The molecule has 0 saturated carbocycles. The summed E-state index contributed by atoms with van der Waals surface area (Å²) in [6.45, 7) is 4.38. The second-order valence-corrected chi connectivity index (χ2v) is 7.99. The molecule has 0 aromatic heterocycles. The summed E-state index contributed by atoms with van der Waals surface area (Å²) in [6, 6.07) is 31.7. The zero-order valence-corrected chi connectivity index (χ0v) is 16.5. The lowest BCUT2D eigenvalue weighted by atomic mass is 9.83. The maximum Gasteiger partial charge on any atom is -0.00134 e. The predicted octanol–water partition coefficient (Wildman–Crippen LogP) is 7.13. The SMILES string of the molecule is Cc1ccc2c(c1)-c1ccccc1Cc1ccccc1-c1cc(C)ccc1C2. The van der Waals surface area contributed by atoms with Gasteiger partial charge in [0.15, 0.2) is 0 Å². The molecule has 0 N–H and O–H groups in total. The lowest BCUT2D eigenvalue weighted by Gasteiger charge is -2.21. The van der Waals surface area contributed by atoms with E-state index in [4.69, 9.17) is 0 Å². The number of fused-ring (bicyclic) bond motifs is 6. The predicted molar refractivity (Wildman–Crippen MR) is 119 cm³/mol. The van der Waals surface area contributed by atoms with E-state index in [2.05, 4.69) is 98.8 Å². The summed E-state index contributed by atoms with van der Waals surface area (Å²) < 4.78 is 0. The molecule has 0 amide bonds. The van der Waals surface area contributed by atoms with E-state index in [0.29, 0.717) is 0 Å². The van der Waals surface area contributed by atoms with Crippen molar-refractivity contribution in [2.45, 2.75) is 26.7 Å². The minimum absolute atomic E-state index is 0.951. The molecule has 136 valence electrons. The molecule has 0 fully saturated rings. The second-order valence-electron chi connectivity index (χ2n) is 7.99. The first-order valence-electron chi connectivity index (χ1n) is 10.0. The Morgan fingerprint density at radius 1 is 0.429 bits per heavy atom. The highest BCUT2D eigenvalue weighted by Gasteiger charge is 2.17. The fraction of sp³-hybridized carbons (Fsp3) is 0.143. The van der Waals surface area contributed by atoms with Crippen LogP contribution in [0.3, 0.4) is 0 Å². The van der Waals surface area contributed by atoms with E-state index in [9.17, 15) is 0 Å². The molecule has 0 atom stereocenters. The molecule has 0 radical (unpaired) electrons. The van der Waals surface area contributed by atoms with Gasteiger partial charge in [-0.15, -0.1) is 0 Å². The van der Waals surface area contributed by atoms with Gasteiger partial charge in [-0.2, -0.15) is 0 Å². The van der Waals surface area contributed by atoms with Crippen LogP contribution in [0.2, 0.25) is 0 Å². The van der Waals surface area contributed by atoms with Gasteiger partial charge in [-0.05, 0) is 71.2 Å². The molecule has 0 nitrogen and oxygen atoms in total. The van der Waals surface area contributed by atoms with Crippen LogP contribution in [0.1, 0.15) is 33.4 Å². The molecule has 0 bridgehead atoms. The fourth-order valence-electron chi connectivity index (χ4n) is 4.48. The topological polar surface area (TPSA) is 0 Å². The summed E-state index contributed by atoms with van der Waals surface area (Å²) in [6.07, 6.45) is 1.90. The first-order chi connectivity index (χ1) is 13.7. The number of hydrogen-bond acceptors (Lipinski definition) is 0. The monoisotopic (exact) mass is 360 g/mol. The Morgan fingerprint density at radius 2 is 0.821 bits per heavy atom. The number of benzene rings is 4. The number of rotatable bonds is 0. The highest BCUT2D eigenvalue weighted by atomic mass is 14.2. The van der Waals surface area contributed by atoms with Gasteiger partial charge in [0.1, 0.15) is 0 Å². The van der Waals surface area contributed by atoms with Crippen LogP contribution in [-0.4, -0.2) is 0 Å². The zero-order valence-electron chi connectivity index (χ0n) is 16.5. The van der Waals surface area contributed by atoms with E-state index in [-0.39, 0.29) is 0 Å². The third-order valence-electron chi connectivity index (χ3n) is 5.91. The second kappa shape index (κ2) is 6.80. The average molecular weight is 361 g/mol. The van der Waals surface area contributed by atoms with Gasteiger partial charge in [-0.1, -0.05) is 96.1 Å². The van der Waals surface area contributed by atoms with Crippen molar-refractivity contribution in [2.75, 3.05) is 0 Å². The molecule has 5 rings (SSSR count). The Morgan fingerprint density at radius 3 is 1.29 bits per heavy atom. The Bertz CT molecular complexity index is 1090. The van der Waals surface area contributed by atoms with Crippen LogP contribution < -0.4 is 0 Å². The molecular formula is C28H24. The van der Waals surface area contributed by atoms with Crippen molar-refractivity contribution >= 4 is 0 Å². The Kier molecular flexibility index (Phi) is 4.13. The number of hydrogen-bond donors (Lipinski definition) is 0. The van der Waals surface area contributed by atoms with Crippen molar-refractivity contribution in [1.82, 2.24) is 0 Å². The summed E-state index contributed by atoms with van der Waals surface area (Å²) in [4.78, 5) is 0. The Balaban J connectivity index is 1.84. The van der Waals surface area contributed by atoms with Crippen LogP contribution in [0.15, 0.2) is 84.9 Å². The molecular weight excluding hydrogens is 336 g/mol. The van der Waals surface area contributed by atoms with E-state index in [0.717, 1.165) is 12.8 Å². The van der Waals surface area contributed by atoms with Crippen molar-refractivity contribution in [2.24, 2.45) is 0 Å². The van der Waals surface area contributed by atoms with Gasteiger partial charge in [0.05, 0.1) is 0 Å². The minimum atomic E-state index is 0.951. The van der Waals surface area contributed by atoms with Gasteiger partial charge in [0.2, 0.25) is 0 Å². The van der Waals surface area contributed by atoms with Crippen molar-refractivity contribution in [3.8, 4) is 22.3 Å². The van der Waals surface area contributed by atoms with Gasteiger partial charge in [0.25, 0.3) is 0 Å². The highest BCUT2D eigenvalue weighted by molar-refractivity contribution is 5.78. The van der Waals surface area contributed by atoms with Gasteiger partial charge in [0, 0.05) is 0 Å². The van der Waals surface area contributed by atoms with Gasteiger partial charge < -0.3 is 0 Å². The molecule has 0 saturated heterocycles. The molecule has 4 aromatic rings.